The molecule has 2 N–H and O–H groups in total. The summed E-state index contributed by atoms with van der Waals surface area (Å²) in [6.45, 7) is 5.65. The van der Waals surface area contributed by atoms with Gasteiger partial charge >= 0.3 is 0 Å². The molecule has 0 amide bonds. The van der Waals surface area contributed by atoms with Gasteiger partial charge in [-0.2, -0.15) is 0 Å². The molecule has 0 saturated heterocycles. The number of nitrogens with zero attached hydrogens (tertiary/aromatic N) is 1. The highest BCUT2D eigenvalue weighted by atomic mass is 16.5. The van der Waals surface area contributed by atoms with Gasteiger partial charge in [0.15, 0.2) is 0 Å². The summed E-state index contributed by atoms with van der Waals surface area (Å²) in [6, 6.07) is 14.1. The van der Waals surface area contributed by atoms with Crippen molar-refractivity contribution in [2.24, 2.45) is 0 Å². The molecule has 1 heterocycles. The van der Waals surface area contributed by atoms with E-state index in [9.17, 15) is 0 Å². The summed E-state index contributed by atoms with van der Waals surface area (Å²) in [6.07, 6.45) is 2.14. The molecule has 1 aromatic heterocycles. The molecule has 3 nitrogen and oxygen atoms in total. The molecule has 0 atom stereocenters. The second-order valence-electron chi connectivity index (χ2n) is 5.29. The lowest BCUT2D eigenvalue weighted by atomic mass is 10.1. The van der Waals surface area contributed by atoms with Gasteiger partial charge in [-0.15, -0.1) is 0 Å². The Hall–Kier alpha value is -2.42. The highest BCUT2D eigenvalue weighted by Crippen LogP contribution is 2.28. The van der Waals surface area contributed by atoms with Gasteiger partial charge in [-0.05, 0) is 43.7 Å². The van der Waals surface area contributed by atoms with Crippen LogP contribution in [0.5, 0.6) is 5.75 Å². The van der Waals surface area contributed by atoms with Crippen LogP contribution in [0.2, 0.25) is 0 Å². The number of hydrogen-bond acceptors (Lipinski definition) is 2. The van der Waals surface area contributed by atoms with E-state index < -0.39 is 0 Å². The summed E-state index contributed by atoms with van der Waals surface area (Å²) in [7, 11) is 0. The van der Waals surface area contributed by atoms with Crippen LogP contribution >= 0.6 is 0 Å². The van der Waals surface area contributed by atoms with E-state index in [2.05, 4.69) is 36.7 Å². The number of aromatic nitrogens is 1. The Morgan fingerprint density at radius 3 is 2.71 bits per heavy atom. The Balaban J connectivity index is 1.94. The van der Waals surface area contributed by atoms with Crippen LogP contribution < -0.4 is 10.5 Å². The van der Waals surface area contributed by atoms with Crippen molar-refractivity contribution in [3.63, 3.8) is 0 Å². The zero-order valence-corrected chi connectivity index (χ0v) is 12.5. The third-order valence-electron chi connectivity index (χ3n) is 3.74. The number of ether oxygens (including phenoxy) is 1. The van der Waals surface area contributed by atoms with Crippen molar-refractivity contribution < 1.29 is 4.74 Å². The van der Waals surface area contributed by atoms with Crippen molar-refractivity contribution in [3.8, 4) is 5.75 Å². The maximum Gasteiger partial charge on any atom is 0.120 e. The third kappa shape index (κ3) is 2.59. The summed E-state index contributed by atoms with van der Waals surface area (Å²) >= 11 is 0. The van der Waals surface area contributed by atoms with Gasteiger partial charge in [0.2, 0.25) is 0 Å². The van der Waals surface area contributed by atoms with Gasteiger partial charge in [0.1, 0.15) is 12.4 Å². The van der Waals surface area contributed by atoms with E-state index in [4.69, 9.17) is 10.5 Å². The topological polar surface area (TPSA) is 40.2 Å². The fourth-order valence-corrected chi connectivity index (χ4v) is 2.71. The van der Waals surface area contributed by atoms with Crippen LogP contribution in [0, 0.1) is 6.92 Å². The van der Waals surface area contributed by atoms with E-state index in [-0.39, 0.29) is 0 Å². The number of nitrogen functional groups attached to an aromatic ring is 1. The fraction of sp³-hybridized carbons (Fsp3) is 0.222. The molecule has 0 fully saturated rings. The van der Waals surface area contributed by atoms with E-state index in [1.165, 1.54) is 11.1 Å². The van der Waals surface area contributed by atoms with E-state index in [0.717, 1.165) is 28.9 Å². The standard InChI is InChI=1S/C18H20N2O/c1-3-20-11-14(18-16(19)8-5-9-17(18)20)12-21-15-7-4-6-13(2)10-15/h4-11H,3,12,19H2,1-2H3. The van der Waals surface area contributed by atoms with Crippen molar-refractivity contribution in [1.29, 1.82) is 0 Å². The minimum atomic E-state index is 0.529. The van der Waals surface area contributed by atoms with E-state index >= 15 is 0 Å². The number of aryl methyl sites for hydroxylation is 2. The van der Waals surface area contributed by atoms with Crippen molar-refractivity contribution in [2.45, 2.75) is 27.0 Å². The van der Waals surface area contributed by atoms with Crippen LogP contribution in [0.1, 0.15) is 18.1 Å². The van der Waals surface area contributed by atoms with Crippen LogP contribution in [-0.4, -0.2) is 4.57 Å². The molecule has 0 spiro atoms. The summed E-state index contributed by atoms with van der Waals surface area (Å²) in [4.78, 5) is 0. The molecule has 3 rings (SSSR count). The van der Waals surface area contributed by atoms with E-state index in [1.807, 2.05) is 30.3 Å². The van der Waals surface area contributed by atoms with Crippen molar-refractivity contribution in [2.75, 3.05) is 5.73 Å². The summed E-state index contributed by atoms with van der Waals surface area (Å²) in [5.41, 5.74) is 10.5. The molecule has 0 radical (unpaired) electrons. The maximum atomic E-state index is 6.15. The number of rotatable bonds is 4. The second kappa shape index (κ2) is 5.52. The zero-order valence-electron chi connectivity index (χ0n) is 12.5. The quantitative estimate of drug-likeness (QED) is 0.730. The van der Waals surface area contributed by atoms with Crippen molar-refractivity contribution in [1.82, 2.24) is 4.57 Å². The third-order valence-corrected chi connectivity index (χ3v) is 3.74. The average Bonchev–Trinajstić information content (AvgIpc) is 2.85. The molecule has 3 heteroatoms. The largest absolute Gasteiger partial charge is 0.489 e. The molecule has 0 unspecified atom stereocenters. The first kappa shape index (κ1) is 13.6. The van der Waals surface area contributed by atoms with Crippen LogP contribution in [0.4, 0.5) is 5.69 Å². The van der Waals surface area contributed by atoms with Crippen molar-refractivity contribution >= 4 is 16.6 Å². The number of fused-ring (bicyclic) bond motifs is 1. The summed E-state index contributed by atoms with van der Waals surface area (Å²) in [5, 5.41) is 1.10. The Morgan fingerprint density at radius 2 is 1.95 bits per heavy atom. The fourth-order valence-electron chi connectivity index (χ4n) is 2.71. The Kier molecular flexibility index (Phi) is 3.57. The maximum absolute atomic E-state index is 6.15. The molecule has 21 heavy (non-hydrogen) atoms. The predicted octanol–water partition coefficient (Wildman–Crippen LogP) is 4.13. The molecule has 0 saturated carbocycles. The smallest absolute Gasteiger partial charge is 0.120 e. The lowest BCUT2D eigenvalue weighted by Crippen LogP contribution is -1.96. The lowest BCUT2D eigenvalue weighted by molar-refractivity contribution is 0.307. The molecule has 3 aromatic rings. The van der Waals surface area contributed by atoms with Crippen molar-refractivity contribution in [3.05, 3.63) is 59.8 Å². The highest BCUT2D eigenvalue weighted by Gasteiger charge is 2.10. The first-order chi connectivity index (χ1) is 10.2. The van der Waals surface area contributed by atoms with Gasteiger partial charge in [-0.25, -0.2) is 0 Å². The first-order valence-electron chi connectivity index (χ1n) is 7.24. The molecule has 2 aromatic carbocycles. The van der Waals surface area contributed by atoms with Crippen LogP contribution in [-0.2, 0) is 13.2 Å². The SMILES string of the molecule is CCn1cc(COc2cccc(C)c2)c2c(N)cccc21. The van der Waals surface area contributed by atoms with Gasteiger partial charge < -0.3 is 15.0 Å². The summed E-state index contributed by atoms with van der Waals surface area (Å²) in [5.74, 6) is 0.891. The number of anilines is 1. The van der Waals surface area contributed by atoms with Gasteiger partial charge in [0.25, 0.3) is 0 Å². The Bertz CT molecular complexity index is 774. The first-order valence-corrected chi connectivity index (χ1v) is 7.24. The molecular formula is C18H20N2O. The van der Waals surface area contributed by atoms with Crippen LogP contribution in [0.25, 0.3) is 10.9 Å². The highest BCUT2D eigenvalue weighted by molar-refractivity contribution is 5.94. The lowest BCUT2D eigenvalue weighted by Gasteiger charge is -2.07. The van der Waals surface area contributed by atoms with E-state index in [0.29, 0.717) is 6.61 Å². The zero-order chi connectivity index (χ0) is 14.8. The van der Waals surface area contributed by atoms with Gasteiger partial charge in [-0.3, -0.25) is 0 Å². The Morgan fingerprint density at radius 1 is 1.14 bits per heavy atom. The molecule has 0 bridgehead atoms. The van der Waals surface area contributed by atoms with Gasteiger partial charge in [0.05, 0.1) is 5.52 Å². The number of nitrogens with two attached hydrogens (primary N) is 1. The molecule has 108 valence electrons. The summed E-state index contributed by atoms with van der Waals surface area (Å²) < 4.78 is 8.13. The van der Waals surface area contributed by atoms with Gasteiger partial charge in [-0.1, -0.05) is 18.2 Å². The normalized spacial score (nSPS) is 11.0. The monoisotopic (exact) mass is 280 g/mol. The number of hydrogen-bond donors (Lipinski definition) is 1. The van der Waals surface area contributed by atoms with E-state index in [1.54, 1.807) is 0 Å². The number of benzene rings is 2. The molecular weight excluding hydrogens is 260 g/mol. The average molecular weight is 280 g/mol. The minimum absolute atomic E-state index is 0.529. The molecule has 0 aliphatic heterocycles. The second-order valence-corrected chi connectivity index (χ2v) is 5.29. The Labute approximate surface area is 125 Å². The predicted molar refractivity (Wildman–Crippen MR) is 87.5 cm³/mol. The molecule has 0 aliphatic carbocycles. The molecule has 0 aliphatic rings. The van der Waals surface area contributed by atoms with Gasteiger partial charge in [0, 0.05) is 29.4 Å². The van der Waals surface area contributed by atoms with Crippen LogP contribution in [0.15, 0.2) is 48.7 Å². The van der Waals surface area contributed by atoms with Crippen LogP contribution in [0.3, 0.4) is 0 Å². The minimum Gasteiger partial charge on any atom is -0.489 e.